The molecule has 0 aromatic heterocycles. The van der Waals surface area contributed by atoms with Crippen LogP contribution in [0.4, 0.5) is 0 Å². The van der Waals surface area contributed by atoms with Crippen molar-refractivity contribution in [3.63, 3.8) is 0 Å². The van der Waals surface area contributed by atoms with Gasteiger partial charge >= 0.3 is 90.0 Å². The van der Waals surface area contributed by atoms with E-state index in [2.05, 4.69) is 0 Å². The molecule has 0 atom stereocenters. The van der Waals surface area contributed by atoms with Gasteiger partial charge in [-0.05, 0) is 0 Å². The third-order valence-electron chi connectivity index (χ3n) is 1.76. The molecule has 0 amide bonds. The van der Waals surface area contributed by atoms with E-state index >= 15 is 0 Å². The standard InChI is InChI=1S/C7H7O.C2H4O2.Hg/c1-6-3-2-4-7(8)5-6;1-2(3)4;/h2,4-5,8H,1H3;1H3,(H,3,4);/q;;+1/p-1. The zero-order valence-corrected chi connectivity index (χ0v) is 13.2. The third kappa shape index (κ3) is 3.34. The Bertz CT molecular complexity index is 323. The normalized spacial score (nSPS) is 9.08. The summed E-state index contributed by atoms with van der Waals surface area (Å²) < 4.78 is 6.18. The number of aryl methyl sites for hydroxylation is 1. The summed E-state index contributed by atoms with van der Waals surface area (Å²) in [6, 6.07) is 5.17. The molecule has 3 nitrogen and oxygen atoms in total. The number of carbonyl (C=O) groups is 1. The molecule has 1 aromatic rings. The van der Waals surface area contributed by atoms with Gasteiger partial charge < -0.3 is 0 Å². The summed E-state index contributed by atoms with van der Waals surface area (Å²) in [6.07, 6.45) is 0. The van der Waals surface area contributed by atoms with Crippen LogP contribution < -0.4 is 3.07 Å². The van der Waals surface area contributed by atoms with Crippen molar-refractivity contribution in [1.82, 2.24) is 0 Å². The second kappa shape index (κ2) is 4.60. The molecular formula is C9H10HgO3. The molecule has 0 saturated carbocycles. The molecule has 1 rings (SSSR count). The first-order valence-electron chi connectivity index (χ1n) is 4.01. The molecule has 0 aliphatic rings. The van der Waals surface area contributed by atoms with Gasteiger partial charge in [-0.25, -0.2) is 0 Å². The number of aromatic hydroxyl groups is 1. The predicted octanol–water partition coefficient (Wildman–Crippen LogP) is 0.887. The van der Waals surface area contributed by atoms with Gasteiger partial charge in [0, 0.05) is 0 Å². The minimum atomic E-state index is -1.70. The topological polar surface area (TPSA) is 46.5 Å². The first kappa shape index (κ1) is 10.5. The number of hydrogen-bond donors (Lipinski definition) is 1. The van der Waals surface area contributed by atoms with Crippen molar-refractivity contribution in [3.8, 4) is 5.75 Å². The number of benzene rings is 1. The van der Waals surface area contributed by atoms with Crippen LogP contribution in [0.25, 0.3) is 0 Å². The van der Waals surface area contributed by atoms with E-state index in [-0.39, 0.29) is 11.7 Å². The van der Waals surface area contributed by atoms with Crippen LogP contribution in [-0.4, -0.2) is 11.1 Å². The Morgan fingerprint density at radius 1 is 1.54 bits per heavy atom. The van der Waals surface area contributed by atoms with E-state index in [0.717, 1.165) is 8.64 Å². The van der Waals surface area contributed by atoms with Crippen LogP contribution in [-0.2, 0) is 32.5 Å². The number of phenols is 1. The molecule has 1 N–H and O–H groups in total. The maximum atomic E-state index is 10.6. The molecule has 0 spiro atoms. The first-order valence-corrected chi connectivity index (χ1v) is 9.01. The summed E-state index contributed by atoms with van der Waals surface area (Å²) in [7, 11) is 0. The van der Waals surface area contributed by atoms with Crippen molar-refractivity contribution in [2.24, 2.45) is 0 Å². The Morgan fingerprint density at radius 3 is 2.77 bits per heavy atom. The molecule has 0 saturated heterocycles. The monoisotopic (exact) mass is 368 g/mol. The van der Waals surface area contributed by atoms with E-state index in [4.69, 9.17) is 7.75 Å². The Morgan fingerprint density at radius 2 is 2.23 bits per heavy atom. The molecule has 0 aliphatic heterocycles. The fourth-order valence-corrected chi connectivity index (χ4v) is 4.53. The van der Waals surface area contributed by atoms with Gasteiger partial charge in [0.05, 0.1) is 0 Å². The molecule has 0 bridgehead atoms. The molecule has 4 heteroatoms. The van der Waals surface area contributed by atoms with Gasteiger partial charge in [-0.2, -0.15) is 0 Å². The summed E-state index contributed by atoms with van der Waals surface area (Å²) in [4.78, 5) is 10.6. The number of carbonyl (C=O) groups excluding carboxylic acids is 1. The van der Waals surface area contributed by atoms with Crippen molar-refractivity contribution >= 4 is 9.04 Å². The van der Waals surface area contributed by atoms with Gasteiger partial charge in [0.2, 0.25) is 0 Å². The Balaban J connectivity index is 2.72. The van der Waals surface area contributed by atoms with Crippen LogP contribution in [0.2, 0.25) is 0 Å². The summed E-state index contributed by atoms with van der Waals surface area (Å²) in [5.74, 6) is 0.0617. The summed E-state index contributed by atoms with van der Waals surface area (Å²) in [5, 5.41) is 9.13. The van der Waals surface area contributed by atoms with Crippen molar-refractivity contribution in [1.29, 1.82) is 0 Å². The van der Waals surface area contributed by atoms with Gasteiger partial charge in [-0.15, -0.1) is 0 Å². The Kier molecular flexibility index (Phi) is 3.72. The zero-order valence-electron chi connectivity index (χ0n) is 7.70. The zero-order chi connectivity index (χ0) is 9.84. The van der Waals surface area contributed by atoms with Crippen LogP contribution in [0.15, 0.2) is 18.2 Å². The molecule has 0 fully saturated rings. The van der Waals surface area contributed by atoms with Gasteiger partial charge in [0.25, 0.3) is 0 Å². The van der Waals surface area contributed by atoms with Gasteiger partial charge in [0.15, 0.2) is 0 Å². The van der Waals surface area contributed by atoms with Crippen molar-refractivity contribution in [3.05, 3.63) is 23.8 Å². The van der Waals surface area contributed by atoms with E-state index in [1.165, 1.54) is 6.92 Å². The number of rotatable bonds is 2. The van der Waals surface area contributed by atoms with E-state index in [1.54, 1.807) is 12.1 Å². The maximum absolute atomic E-state index is 10.6. The van der Waals surface area contributed by atoms with E-state index in [1.807, 2.05) is 13.0 Å². The Hall–Kier alpha value is -0.575. The van der Waals surface area contributed by atoms with Crippen LogP contribution in [0.1, 0.15) is 12.5 Å². The molecule has 13 heavy (non-hydrogen) atoms. The summed E-state index contributed by atoms with van der Waals surface area (Å²) >= 11 is -1.70. The van der Waals surface area contributed by atoms with Gasteiger partial charge in [-0.3, -0.25) is 0 Å². The number of phenolic OH excluding ortho intramolecular Hbond substituents is 1. The molecule has 0 aliphatic carbocycles. The van der Waals surface area contributed by atoms with Crippen molar-refractivity contribution < 1.29 is 37.6 Å². The fraction of sp³-hybridized carbons (Fsp3) is 0.222. The first-order chi connectivity index (χ1) is 6.09. The summed E-state index contributed by atoms with van der Waals surface area (Å²) in [5.41, 5.74) is 1.02. The third-order valence-corrected chi connectivity index (χ3v) is 8.19. The minimum absolute atomic E-state index is 0.200. The molecule has 0 radical (unpaired) electrons. The number of hydrogen-bond acceptors (Lipinski definition) is 3. The predicted molar refractivity (Wildman–Crippen MR) is 44.2 cm³/mol. The SMILES string of the molecule is CC(=O)[O][Hg][c]1ccc(O)cc1C. The van der Waals surface area contributed by atoms with Crippen LogP contribution in [0.3, 0.4) is 0 Å². The van der Waals surface area contributed by atoms with Crippen molar-refractivity contribution in [2.45, 2.75) is 13.8 Å². The summed E-state index contributed by atoms with van der Waals surface area (Å²) in [6.45, 7) is 3.34. The van der Waals surface area contributed by atoms with E-state index < -0.39 is 25.0 Å². The average molecular weight is 367 g/mol. The van der Waals surface area contributed by atoms with Crippen LogP contribution in [0.5, 0.6) is 5.75 Å². The van der Waals surface area contributed by atoms with Gasteiger partial charge in [0.1, 0.15) is 0 Å². The second-order valence-electron chi connectivity index (χ2n) is 2.89. The van der Waals surface area contributed by atoms with E-state index in [0.29, 0.717) is 0 Å². The van der Waals surface area contributed by atoms with Crippen LogP contribution in [0, 0.1) is 6.92 Å². The van der Waals surface area contributed by atoms with E-state index in [9.17, 15) is 4.79 Å². The second-order valence-corrected chi connectivity index (χ2v) is 8.10. The fourth-order valence-electron chi connectivity index (χ4n) is 1.02. The average Bonchev–Trinajstić information content (AvgIpc) is 2.02. The molecule has 0 heterocycles. The van der Waals surface area contributed by atoms with Crippen molar-refractivity contribution in [2.75, 3.05) is 0 Å². The molecular weight excluding hydrogens is 357 g/mol. The molecule has 66 valence electrons. The van der Waals surface area contributed by atoms with Crippen LogP contribution >= 0.6 is 0 Å². The molecule has 1 aromatic carbocycles. The van der Waals surface area contributed by atoms with Gasteiger partial charge in [-0.1, -0.05) is 0 Å². The quantitative estimate of drug-likeness (QED) is 0.791. The Labute approximate surface area is 89.8 Å². The molecule has 0 unspecified atom stereocenters.